The molecule has 0 aliphatic carbocycles. The molecule has 1 aromatic carbocycles. The first-order valence-electron chi connectivity index (χ1n) is 9.56. The normalized spacial score (nSPS) is 15.0. The summed E-state index contributed by atoms with van der Waals surface area (Å²) in [7, 11) is 5.50. The third kappa shape index (κ3) is 6.96. The first kappa shape index (κ1) is 22.5. The summed E-state index contributed by atoms with van der Waals surface area (Å²) in [6, 6.07) is 5.08. The minimum atomic E-state index is -0.154. The van der Waals surface area contributed by atoms with E-state index in [1.807, 2.05) is 23.9 Å². The van der Waals surface area contributed by atoms with Gasteiger partial charge in [0, 0.05) is 51.7 Å². The number of hydrogen-bond donors (Lipinski definition) is 1. The molecule has 1 heterocycles. The Morgan fingerprint density at radius 3 is 2.61 bits per heavy atom. The predicted molar refractivity (Wildman–Crippen MR) is 109 cm³/mol. The molecule has 1 aromatic rings. The lowest BCUT2D eigenvalue weighted by molar-refractivity contribution is -0.133. The SMILES string of the molecule is COCCC(=O)N1CCC(Oc2ccc(C(=O)NCCN(C)C)cc2Cl)CC1. The van der Waals surface area contributed by atoms with Gasteiger partial charge in [0.05, 0.1) is 18.1 Å². The van der Waals surface area contributed by atoms with Crippen molar-refractivity contribution in [3.8, 4) is 5.75 Å². The van der Waals surface area contributed by atoms with Crippen molar-refractivity contribution in [2.75, 3.05) is 54.0 Å². The van der Waals surface area contributed by atoms with Crippen LogP contribution < -0.4 is 10.1 Å². The number of likely N-dealkylation sites (tertiary alicyclic amines) is 1. The van der Waals surface area contributed by atoms with Gasteiger partial charge >= 0.3 is 0 Å². The Morgan fingerprint density at radius 2 is 2.00 bits per heavy atom. The molecule has 2 amide bonds. The molecule has 1 aliphatic rings. The molecule has 156 valence electrons. The average Bonchev–Trinajstić information content (AvgIpc) is 2.67. The highest BCUT2D eigenvalue weighted by molar-refractivity contribution is 6.32. The Labute approximate surface area is 171 Å². The van der Waals surface area contributed by atoms with E-state index in [1.54, 1.807) is 25.3 Å². The Hall–Kier alpha value is -1.83. The van der Waals surface area contributed by atoms with Crippen molar-refractivity contribution in [2.24, 2.45) is 0 Å². The number of rotatable bonds is 9. The first-order chi connectivity index (χ1) is 13.4. The van der Waals surface area contributed by atoms with Crippen LogP contribution in [0.25, 0.3) is 0 Å². The van der Waals surface area contributed by atoms with E-state index in [4.69, 9.17) is 21.1 Å². The summed E-state index contributed by atoms with van der Waals surface area (Å²) in [5.41, 5.74) is 0.509. The van der Waals surface area contributed by atoms with Gasteiger partial charge in [-0.1, -0.05) is 11.6 Å². The van der Waals surface area contributed by atoms with E-state index in [2.05, 4.69) is 5.32 Å². The summed E-state index contributed by atoms with van der Waals surface area (Å²) in [5.74, 6) is 0.525. The number of halogens is 1. The molecular weight excluding hydrogens is 382 g/mol. The van der Waals surface area contributed by atoms with Crippen molar-refractivity contribution < 1.29 is 19.1 Å². The van der Waals surface area contributed by atoms with E-state index < -0.39 is 0 Å². The van der Waals surface area contributed by atoms with Crippen LogP contribution in [0.15, 0.2) is 18.2 Å². The molecule has 2 rings (SSSR count). The quantitative estimate of drug-likeness (QED) is 0.673. The van der Waals surface area contributed by atoms with Crippen molar-refractivity contribution >= 4 is 23.4 Å². The fraction of sp³-hybridized carbons (Fsp3) is 0.600. The molecule has 28 heavy (non-hydrogen) atoms. The minimum Gasteiger partial charge on any atom is -0.489 e. The minimum absolute atomic E-state index is 0.00347. The third-order valence-electron chi connectivity index (χ3n) is 4.65. The van der Waals surface area contributed by atoms with E-state index in [9.17, 15) is 9.59 Å². The molecule has 8 heteroatoms. The molecule has 0 spiro atoms. The lowest BCUT2D eigenvalue weighted by atomic mass is 10.1. The second-order valence-corrected chi connectivity index (χ2v) is 7.55. The molecule has 7 nitrogen and oxygen atoms in total. The van der Waals surface area contributed by atoms with E-state index in [-0.39, 0.29) is 17.9 Å². The van der Waals surface area contributed by atoms with Crippen LogP contribution in [0.1, 0.15) is 29.6 Å². The second-order valence-electron chi connectivity index (χ2n) is 7.15. The van der Waals surface area contributed by atoms with Crippen molar-refractivity contribution in [2.45, 2.75) is 25.4 Å². The number of amides is 2. The Balaban J connectivity index is 1.83. The maximum absolute atomic E-state index is 12.2. The van der Waals surface area contributed by atoms with E-state index >= 15 is 0 Å². The van der Waals surface area contributed by atoms with E-state index in [1.165, 1.54) is 0 Å². The zero-order valence-electron chi connectivity index (χ0n) is 16.9. The number of carbonyl (C=O) groups excluding carboxylic acids is 2. The molecule has 0 saturated carbocycles. The first-order valence-corrected chi connectivity index (χ1v) is 9.94. The zero-order valence-corrected chi connectivity index (χ0v) is 17.6. The smallest absolute Gasteiger partial charge is 0.251 e. The van der Waals surface area contributed by atoms with E-state index in [0.717, 1.165) is 19.4 Å². The highest BCUT2D eigenvalue weighted by atomic mass is 35.5. The van der Waals surface area contributed by atoms with Crippen LogP contribution in [0.2, 0.25) is 5.02 Å². The topological polar surface area (TPSA) is 71.1 Å². The van der Waals surface area contributed by atoms with Gasteiger partial charge in [-0.15, -0.1) is 0 Å². The highest BCUT2D eigenvalue weighted by Crippen LogP contribution is 2.28. The fourth-order valence-corrected chi connectivity index (χ4v) is 3.21. The van der Waals surface area contributed by atoms with Crippen molar-refractivity contribution in [3.05, 3.63) is 28.8 Å². The predicted octanol–water partition coefficient (Wildman–Crippen LogP) is 2.04. The second kappa shape index (κ2) is 11.2. The largest absolute Gasteiger partial charge is 0.489 e. The van der Waals surface area contributed by atoms with Gasteiger partial charge in [-0.3, -0.25) is 9.59 Å². The fourth-order valence-electron chi connectivity index (χ4n) is 2.98. The lowest BCUT2D eigenvalue weighted by Crippen LogP contribution is -2.42. The maximum atomic E-state index is 12.2. The van der Waals surface area contributed by atoms with Gasteiger partial charge in [-0.25, -0.2) is 0 Å². The Morgan fingerprint density at radius 1 is 1.29 bits per heavy atom. The molecule has 1 N–H and O–H groups in total. The van der Waals surface area contributed by atoms with Crippen LogP contribution in [0.5, 0.6) is 5.75 Å². The molecular formula is C20H30ClN3O4. The van der Waals surface area contributed by atoms with Gasteiger partial charge in [0.15, 0.2) is 0 Å². The van der Waals surface area contributed by atoms with Gasteiger partial charge in [-0.05, 0) is 32.3 Å². The molecule has 0 bridgehead atoms. The number of piperidine rings is 1. The summed E-state index contributed by atoms with van der Waals surface area (Å²) in [5, 5.41) is 3.28. The monoisotopic (exact) mass is 411 g/mol. The molecule has 1 saturated heterocycles. The third-order valence-corrected chi connectivity index (χ3v) is 4.94. The van der Waals surface area contributed by atoms with Crippen molar-refractivity contribution in [1.29, 1.82) is 0 Å². The molecule has 1 aliphatic heterocycles. The highest BCUT2D eigenvalue weighted by Gasteiger charge is 2.24. The number of ether oxygens (including phenoxy) is 2. The Bertz CT molecular complexity index is 661. The summed E-state index contributed by atoms with van der Waals surface area (Å²) in [4.78, 5) is 28.1. The van der Waals surface area contributed by atoms with Gasteiger partial charge in [0.25, 0.3) is 5.91 Å². The van der Waals surface area contributed by atoms with E-state index in [0.29, 0.717) is 49.0 Å². The Kier molecular flexibility index (Phi) is 9.02. The number of carbonyl (C=O) groups is 2. The van der Waals surface area contributed by atoms with Crippen LogP contribution in [-0.4, -0.2) is 81.7 Å². The number of benzene rings is 1. The summed E-state index contributed by atoms with van der Waals surface area (Å²) in [6.07, 6.45) is 1.92. The molecule has 0 atom stereocenters. The van der Waals surface area contributed by atoms with Crippen LogP contribution >= 0.6 is 11.6 Å². The lowest BCUT2D eigenvalue weighted by Gasteiger charge is -2.32. The summed E-state index contributed by atoms with van der Waals surface area (Å²) < 4.78 is 11.0. The average molecular weight is 412 g/mol. The van der Waals surface area contributed by atoms with Crippen LogP contribution in [0.4, 0.5) is 0 Å². The van der Waals surface area contributed by atoms with Crippen molar-refractivity contribution in [1.82, 2.24) is 15.1 Å². The van der Waals surface area contributed by atoms with Crippen LogP contribution in [0, 0.1) is 0 Å². The molecule has 0 radical (unpaired) electrons. The standard InChI is InChI=1S/C20H30ClN3O4/c1-23(2)12-9-22-20(26)15-4-5-18(17(21)14-15)28-16-6-10-24(11-7-16)19(25)8-13-27-3/h4-5,14,16H,6-13H2,1-3H3,(H,22,26). The maximum Gasteiger partial charge on any atom is 0.251 e. The summed E-state index contributed by atoms with van der Waals surface area (Å²) in [6.45, 7) is 3.12. The van der Waals surface area contributed by atoms with Gasteiger partial charge < -0.3 is 24.6 Å². The molecule has 0 aromatic heterocycles. The van der Waals surface area contributed by atoms with Crippen LogP contribution in [-0.2, 0) is 9.53 Å². The number of hydrogen-bond acceptors (Lipinski definition) is 5. The van der Waals surface area contributed by atoms with Gasteiger partial charge in [0.1, 0.15) is 11.9 Å². The number of nitrogens with zero attached hydrogens (tertiary/aromatic N) is 2. The molecule has 1 fully saturated rings. The van der Waals surface area contributed by atoms with Gasteiger partial charge in [-0.2, -0.15) is 0 Å². The number of nitrogens with one attached hydrogen (secondary N) is 1. The van der Waals surface area contributed by atoms with Crippen LogP contribution in [0.3, 0.4) is 0 Å². The van der Waals surface area contributed by atoms with Gasteiger partial charge in [0.2, 0.25) is 5.91 Å². The molecule has 0 unspecified atom stereocenters. The number of methoxy groups -OCH3 is 1. The summed E-state index contributed by atoms with van der Waals surface area (Å²) >= 11 is 6.32. The zero-order chi connectivity index (χ0) is 20.5. The number of likely N-dealkylation sites (N-methyl/N-ethyl adjacent to an activating group) is 1. The van der Waals surface area contributed by atoms with Crippen molar-refractivity contribution in [3.63, 3.8) is 0 Å².